The lowest BCUT2D eigenvalue weighted by Crippen LogP contribution is -2.30. The van der Waals surface area contributed by atoms with Crippen LogP contribution in [0, 0.1) is 0 Å². The van der Waals surface area contributed by atoms with E-state index in [1.807, 2.05) is 12.1 Å². The summed E-state index contributed by atoms with van der Waals surface area (Å²) in [6.07, 6.45) is 4.15. The van der Waals surface area contributed by atoms with Gasteiger partial charge < -0.3 is 15.8 Å². The molecule has 0 bridgehead atoms. The number of rotatable bonds is 9. The fourth-order valence-electron chi connectivity index (χ4n) is 4.36. The van der Waals surface area contributed by atoms with Crippen molar-refractivity contribution in [1.82, 2.24) is 35.7 Å². The smallest absolute Gasteiger partial charge is 0.411 e. The van der Waals surface area contributed by atoms with Gasteiger partial charge in [-0.25, -0.2) is 9.89 Å². The van der Waals surface area contributed by atoms with E-state index in [0.717, 1.165) is 5.56 Å². The Morgan fingerprint density at radius 3 is 2.57 bits per heavy atom. The molecule has 5 rings (SSSR count). The van der Waals surface area contributed by atoms with Crippen LogP contribution in [0.15, 0.2) is 90.0 Å². The molecule has 0 aliphatic rings. The van der Waals surface area contributed by atoms with Crippen LogP contribution in [0.4, 0.5) is 16.2 Å². The van der Waals surface area contributed by atoms with Crippen LogP contribution in [-0.4, -0.2) is 49.5 Å². The number of aromatic amines is 1. The van der Waals surface area contributed by atoms with Crippen LogP contribution >= 0.6 is 11.6 Å². The zero-order valence-corrected chi connectivity index (χ0v) is 24.0. The van der Waals surface area contributed by atoms with Gasteiger partial charge in [0.15, 0.2) is 0 Å². The predicted octanol–water partition coefficient (Wildman–Crippen LogP) is 3.94. The lowest BCUT2D eigenvalue weighted by molar-refractivity contribution is -0.117. The summed E-state index contributed by atoms with van der Waals surface area (Å²) in [5, 5.41) is 24.1. The van der Waals surface area contributed by atoms with E-state index < -0.39 is 23.6 Å². The highest BCUT2D eigenvalue weighted by Crippen LogP contribution is 2.24. The molecule has 14 heteroatoms. The number of halogens is 1. The van der Waals surface area contributed by atoms with Crippen LogP contribution in [0.2, 0.25) is 5.02 Å². The zero-order valence-electron chi connectivity index (χ0n) is 23.3. The maximum absolute atomic E-state index is 13.3. The van der Waals surface area contributed by atoms with Crippen LogP contribution in [0.1, 0.15) is 22.9 Å². The molecule has 0 spiro atoms. The largest absolute Gasteiger partial charge is 0.453 e. The normalized spacial score (nSPS) is 11.7. The van der Waals surface area contributed by atoms with E-state index in [4.69, 9.17) is 17.3 Å². The van der Waals surface area contributed by atoms with E-state index in [9.17, 15) is 14.4 Å². The second-order valence-electron chi connectivity index (χ2n) is 9.53. The number of nitrogen functional groups attached to an aromatic ring is 1. The average Bonchev–Trinajstić information content (AvgIpc) is 3.56. The highest BCUT2D eigenvalue weighted by atomic mass is 35.5. The maximum atomic E-state index is 13.3. The van der Waals surface area contributed by atoms with Crippen LogP contribution in [0.25, 0.3) is 22.9 Å². The molecule has 5 N–H and O–H groups in total. The Morgan fingerprint density at radius 1 is 1.09 bits per heavy atom. The van der Waals surface area contributed by atoms with Crippen molar-refractivity contribution in [3.63, 3.8) is 0 Å². The van der Waals surface area contributed by atoms with Gasteiger partial charge in [-0.3, -0.25) is 14.9 Å². The number of nitrogens with one attached hydrogen (secondary N) is 3. The Balaban J connectivity index is 1.43. The number of benzene rings is 3. The minimum Gasteiger partial charge on any atom is -0.453 e. The molecule has 0 unspecified atom stereocenters. The summed E-state index contributed by atoms with van der Waals surface area (Å²) in [6, 6.07) is 20.0. The van der Waals surface area contributed by atoms with Crippen LogP contribution in [0.5, 0.6) is 0 Å². The summed E-state index contributed by atoms with van der Waals surface area (Å²) in [7, 11) is 1.27. The number of nitrogens with two attached hydrogens (primary N) is 1. The molecular weight excluding hydrogens is 586 g/mol. The number of aromatic nitrogens is 6. The third-order valence-electron chi connectivity index (χ3n) is 6.54. The molecule has 0 aliphatic heterocycles. The standard InChI is InChI=1S/C30H26ClN9O4/c1-44-30(43)34-23-10-4-19(5-11-23)24-16-26(36-37-29(24)42)25(14-18-2-8-22(32)9-3-18)35-28(41)13-6-20-15-21(31)7-12-27(20)40-17-33-38-39-40/h2-13,15-17,25H,14,32H2,1H3,(H,34,43)(H,35,41)(H,37,42)/b13-6+/t25-/m0/s1. The number of ether oxygens (including phenoxy) is 1. The number of tetrazole rings is 1. The van der Waals surface area contributed by atoms with E-state index >= 15 is 0 Å². The molecule has 2 aromatic heterocycles. The number of carbonyl (C=O) groups is 2. The predicted molar refractivity (Wildman–Crippen MR) is 165 cm³/mol. The summed E-state index contributed by atoms with van der Waals surface area (Å²) < 4.78 is 6.07. The van der Waals surface area contributed by atoms with Gasteiger partial charge in [-0.1, -0.05) is 35.9 Å². The van der Waals surface area contributed by atoms with Crippen molar-refractivity contribution in [2.45, 2.75) is 12.5 Å². The molecule has 222 valence electrons. The zero-order chi connectivity index (χ0) is 31.1. The van der Waals surface area contributed by atoms with Crippen molar-refractivity contribution in [2.75, 3.05) is 18.2 Å². The summed E-state index contributed by atoms with van der Waals surface area (Å²) in [5.41, 5.74) is 10.0. The molecule has 2 heterocycles. The molecule has 5 aromatic rings. The first kappa shape index (κ1) is 29.7. The van der Waals surface area contributed by atoms with E-state index in [2.05, 4.69) is 41.1 Å². The van der Waals surface area contributed by atoms with Crippen molar-refractivity contribution < 1.29 is 14.3 Å². The van der Waals surface area contributed by atoms with Crippen molar-refractivity contribution in [3.8, 4) is 16.8 Å². The quantitative estimate of drug-likeness (QED) is 0.142. The Hall–Kier alpha value is -5.82. The first-order valence-electron chi connectivity index (χ1n) is 13.2. The van der Waals surface area contributed by atoms with E-state index in [1.54, 1.807) is 66.7 Å². The lowest BCUT2D eigenvalue weighted by Gasteiger charge is -2.18. The number of hydrogen-bond donors (Lipinski definition) is 4. The second kappa shape index (κ2) is 13.4. The highest BCUT2D eigenvalue weighted by Gasteiger charge is 2.19. The number of hydrogen-bond acceptors (Lipinski definition) is 9. The van der Waals surface area contributed by atoms with Gasteiger partial charge >= 0.3 is 6.09 Å². The summed E-state index contributed by atoms with van der Waals surface area (Å²) >= 11 is 6.21. The molecule has 44 heavy (non-hydrogen) atoms. The average molecular weight is 612 g/mol. The summed E-state index contributed by atoms with van der Waals surface area (Å²) in [4.78, 5) is 37.6. The summed E-state index contributed by atoms with van der Waals surface area (Å²) in [6.45, 7) is 0. The SMILES string of the molecule is COC(=O)Nc1ccc(-c2cc([C@H](Cc3ccc(N)cc3)NC(=O)/C=C/c3cc(Cl)ccc3-n3cnnn3)n[nH]c2=O)cc1. The first-order chi connectivity index (χ1) is 21.3. The van der Waals surface area contributed by atoms with Gasteiger partial charge in [-0.15, -0.1) is 5.10 Å². The van der Waals surface area contributed by atoms with Crippen molar-refractivity contribution in [2.24, 2.45) is 0 Å². The molecule has 0 radical (unpaired) electrons. The van der Waals surface area contributed by atoms with Gasteiger partial charge in [0.1, 0.15) is 6.33 Å². The van der Waals surface area contributed by atoms with Gasteiger partial charge in [-0.05, 0) is 82.6 Å². The van der Waals surface area contributed by atoms with E-state index in [0.29, 0.717) is 50.9 Å². The Labute approximate surface area is 255 Å². The highest BCUT2D eigenvalue weighted by molar-refractivity contribution is 6.30. The molecular formula is C30H26ClN9O4. The molecule has 0 fully saturated rings. The Morgan fingerprint density at radius 2 is 1.86 bits per heavy atom. The van der Waals surface area contributed by atoms with Crippen molar-refractivity contribution in [3.05, 3.63) is 117 Å². The van der Waals surface area contributed by atoms with Crippen molar-refractivity contribution >= 4 is 41.1 Å². The topological polar surface area (TPSA) is 183 Å². The van der Waals surface area contributed by atoms with Gasteiger partial charge in [0.05, 0.1) is 30.1 Å². The van der Waals surface area contributed by atoms with Gasteiger partial charge in [0.2, 0.25) is 5.91 Å². The minimum atomic E-state index is -0.634. The molecule has 0 aliphatic carbocycles. The molecule has 3 aromatic carbocycles. The van der Waals surface area contributed by atoms with Crippen LogP contribution in [0.3, 0.4) is 0 Å². The molecule has 0 saturated carbocycles. The van der Waals surface area contributed by atoms with Gasteiger partial charge in [0, 0.05) is 28.0 Å². The monoisotopic (exact) mass is 611 g/mol. The third-order valence-corrected chi connectivity index (χ3v) is 6.78. The summed E-state index contributed by atoms with van der Waals surface area (Å²) in [5.74, 6) is -0.416. The van der Waals surface area contributed by atoms with Crippen LogP contribution in [-0.2, 0) is 16.0 Å². The number of nitrogens with zero attached hydrogens (tertiary/aromatic N) is 5. The van der Waals surface area contributed by atoms with Crippen LogP contribution < -0.4 is 21.9 Å². The van der Waals surface area contributed by atoms with E-state index in [-0.39, 0.29) is 0 Å². The lowest BCUT2D eigenvalue weighted by atomic mass is 10.00. The van der Waals surface area contributed by atoms with E-state index in [1.165, 1.54) is 24.2 Å². The number of anilines is 2. The minimum absolute atomic E-state index is 0.330. The Kier molecular flexibility index (Phi) is 9.06. The Bertz CT molecular complexity index is 1860. The molecule has 0 saturated heterocycles. The molecule has 13 nitrogen and oxygen atoms in total. The second-order valence-corrected chi connectivity index (χ2v) is 9.96. The third kappa shape index (κ3) is 7.33. The maximum Gasteiger partial charge on any atom is 0.411 e. The number of H-pyrrole nitrogens is 1. The molecule has 1 atom stereocenters. The molecule has 2 amide bonds. The number of carbonyl (C=O) groups excluding carboxylic acids is 2. The fraction of sp³-hybridized carbons (Fsp3) is 0.100. The van der Waals surface area contributed by atoms with Gasteiger partial charge in [-0.2, -0.15) is 9.78 Å². The van der Waals surface area contributed by atoms with Gasteiger partial charge in [0.25, 0.3) is 5.56 Å². The number of amides is 2. The number of methoxy groups -OCH3 is 1. The first-order valence-corrected chi connectivity index (χ1v) is 13.6. The fourth-order valence-corrected chi connectivity index (χ4v) is 4.54. The van der Waals surface area contributed by atoms with Crippen molar-refractivity contribution in [1.29, 1.82) is 0 Å².